The van der Waals surface area contributed by atoms with E-state index < -0.39 is 48.4 Å². The predicted octanol–water partition coefficient (Wildman–Crippen LogP) is -2.57. The van der Waals surface area contributed by atoms with Crippen molar-refractivity contribution in [1.82, 2.24) is 10.8 Å². The number of carboxylic acid groups (broad SMARTS) is 4. The highest BCUT2D eigenvalue weighted by Crippen LogP contribution is 2.15. The van der Waals surface area contributed by atoms with E-state index >= 15 is 0 Å². The van der Waals surface area contributed by atoms with Crippen LogP contribution in [0.1, 0.15) is 25.7 Å². The van der Waals surface area contributed by atoms with Crippen LogP contribution in [0.2, 0.25) is 0 Å². The van der Waals surface area contributed by atoms with Crippen molar-refractivity contribution < 1.29 is 49.9 Å². The Morgan fingerprint density at radius 1 is 1.04 bits per heavy atom. The molecule has 0 heterocycles. The second kappa shape index (κ2) is 12.4. The molecule has 0 fully saturated rings. The Morgan fingerprint density at radius 3 is 1.77 bits per heavy atom. The summed E-state index contributed by atoms with van der Waals surface area (Å²) in [5.74, 6) is -6.27. The van der Waals surface area contributed by atoms with Gasteiger partial charge in [0.15, 0.2) is 11.6 Å². The number of nitrogens with one attached hydrogen (secondary N) is 3. The van der Waals surface area contributed by atoms with Gasteiger partial charge in [0.05, 0.1) is 12.8 Å². The van der Waals surface area contributed by atoms with Gasteiger partial charge in [0.2, 0.25) is 0 Å². The lowest BCUT2D eigenvalue weighted by Gasteiger charge is -2.18. The quantitative estimate of drug-likeness (QED) is 0.0763. The van der Waals surface area contributed by atoms with E-state index in [-0.39, 0.29) is 12.4 Å². The SMILES string of the molecule is N=C(N)NCCC[C@H](NO)C(=O)O.O=C(O)CC(O)(CC(=O)O)C(=O)O. The zero-order valence-corrected chi connectivity index (χ0v) is 13.5. The minimum absolute atomic E-state index is 0.149. The molecule has 0 unspecified atom stereocenters. The molecule has 26 heavy (non-hydrogen) atoms. The molecule has 0 spiro atoms. The molecule has 1 atom stereocenters. The van der Waals surface area contributed by atoms with Crippen LogP contribution in [0.4, 0.5) is 0 Å². The van der Waals surface area contributed by atoms with E-state index in [2.05, 4.69) is 5.32 Å². The molecule has 0 rings (SSSR count). The third kappa shape index (κ3) is 12.5. The smallest absolute Gasteiger partial charge is 0.336 e. The van der Waals surface area contributed by atoms with E-state index in [0.29, 0.717) is 13.0 Å². The normalized spacial score (nSPS) is 11.5. The van der Waals surface area contributed by atoms with Gasteiger partial charge in [-0.2, -0.15) is 5.48 Å². The number of rotatable bonds is 11. The van der Waals surface area contributed by atoms with Crippen LogP contribution in [-0.2, 0) is 19.2 Å². The lowest BCUT2D eigenvalue weighted by Crippen LogP contribution is -2.42. The van der Waals surface area contributed by atoms with Crippen LogP contribution in [0.3, 0.4) is 0 Å². The Bertz CT molecular complexity index is 508. The summed E-state index contributed by atoms with van der Waals surface area (Å²) in [5.41, 5.74) is 3.93. The first kappa shape index (κ1) is 25.3. The Kier molecular flexibility index (Phi) is 12.1. The highest BCUT2D eigenvalue weighted by atomic mass is 16.5. The minimum atomic E-state index is -2.74. The van der Waals surface area contributed by atoms with E-state index in [1.54, 1.807) is 5.48 Å². The fraction of sp³-hybridized carbons (Fsp3) is 0.583. The first-order valence-electron chi connectivity index (χ1n) is 6.95. The van der Waals surface area contributed by atoms with E-state index in [1.165, 1.54) is 0 Å². The molecular weight excluding hydrogens is 360 g/mol. The third-order valence-electron chi connectivity index (χ3n) is 2.72. The number of carbonyl (C=O) groups is 4. The first-order chi connectivity index (χ1) is 11.9. The second-order valence-electron chi connectivity index (χ2n) is 4.98. The van der Waals surface area contributed by atoms with Gasteiger partial charge in [-0.25, -0.2) is 4.79 Å². The van der Waals surface area contributed by atoms with Crippen molar-refractivity contribution in [2.24, 2.45) is 5.73 Å². The molecule has 0 aromatic rings. The molecule has 0 aliphatic carbocycles. The molecule has 150 valence electrons. The van der Waals surface area contributed by atoms with Crippen molar-refractivity contribution in [2.75, 3.05) is 6.54 Å². The van der Waals surface area contributed by atoms with Crippen LogP contribution in [0, 0.1) is 5.41 Å². The van der Waals surface area contributed by atoms with E-state index in [0.717, 1.165) is 0 Å². The molecule has 0 saturated carbocycles. The number of hydrogen-bond donors (Lipinski definition) is 10. The van der Waals surface area contributed by atoms with E-state index in [4.69, 9.17) is 41.9 Å². The largest absolute Gasteiger partial charge is 0.481 e. The van der Waals surface area contributed by atoms with Gasteiger partial charge in [0, 0.05) is 6.54 Å². The second-order valence-corrected chi connectivity index (χ2v) is 4.98. The molecule has 14 nitrogen and oxygen atoms in total. The summed E-state index contributed by atoms with van der Waals surface area (Å²) in [6.45, 7) is 0.417. The molecule has 0 aliphatic rings. The molecule has 0 aromatic carbocycles. The third-order valence-corrected chi connectivity index (χ3v) is 2.72. The maximum absolute atomic E-state index is 10.3. The van der Waals surface area contributed by atoms with Gasteiger partial charge in [0.25, 0.3) is 0 Å². The maximum atomic E-state index is 10.3. The van der Waals surface area contributed by atoms with Crippen LogP contribution >= 0.6 is 0 Å². The average Bonchev–Trinajstić information content (AvgIpc) is 2.45. The summed E-state index contributed by atoms with van der Waals surface area (Å²) in [6, 6.07) is -0.964. The maximum Gasteiger partial charge on any atom is 0.336 e. The zero-order valence-electron chi connectivity index (χ0n) is 13.5. The van der Waals surface area contributed by atoms with Gasteiger partial charge in [-0.3, -0.25) is 19.8 Å². The Balaban J connectivity index is 0. The number of hydroxylamine groups is 1. The Labute approximate surface area is 146 Å². The number of hydrogen-bond acceptors (Lipinski definition) is 8. The Hall–Kier alpha value is -2.97. The van der Waals surface area contributed by atoms with E-state index in [1.807, 2.05) is 0 Å². The van der Waals surface area contributed by atoms with Crippen LogP contribution in [0.25, 0.3) is 0 Å². The standard InChI is InChI=1S/C6H14N4O3.C6H8O7/c7-6(8)9-3-1-2-4(10-13)5(11)12;7-3(8)1-6(13,5(11)12)2-4(9)10/h4,10,13H,1-3H2,(H,11,12)(H4,7,8,9);13H,1-2H2,(H,7,8)(H,9,10)(H,11,12)/t4-;/m0./s1. The number of nitrogens with two attached hydrogens (primary N) is 1. The molecule has 0 saturated heterocycles. The van der Waals surface area contributed by atoms with Crippen molar-refractivity contribution in [1.29, 1.82) is 5.41 Å². The summed E-state index contributed by atoms with van der Waals surface area (Å²) < 4.78 is 0. The van der Waals surface area contributed by atoms with Gasteiger partial charge in [0.1, 0.15) is 6.04 Å². The number of carboxylic acids is 4. The lowest BCUT2D eigenvalue weighted by atomic mass is 9.96. The fourth-order valence-electron chi connectivity index (χ4n) is 1.49. The minimum Gasteiger partial charge on any atom is -0.481 e. The molecule has 0 bridgehead atoms. The van der Waals surface area contributed by atoms with Crippen molar-refractivity contribution in [3.8, 4) is 0 Å². The number of aliphatic carboxylic acids is 4. The highest BCUT2D eigenvalue weighted by Gasteiger charge is 2.40. The summed E-state index contributed by atoms with van der Waals surface area (Å²) in [4.78, 5) is 40.8. The van der Waals surface area contributed by atoms with Gasteiger partial charge >= 0.3 is 23.9 Å². The van der Waals surface area contributed by atoms with Gasteiger partial charge in [-0.15, -0.1) is 0 Å². The molecule has 11 N–H and O–H groups in total. The molecule has 0 amide bonds. The summed E-state index contributed by atoms with van der Waals surface area (Å²) >= 11 is 0. The molecular formula is C12H22N4O10. The van der Waals surface area contributed by atoms with Crippen LogP contribution in [0.5, 0.6) is 0 Å². The average molecular weight is 382 g/mol. The topological polar surface area (TPSA) is 264 Å². The molecule has 0 aliphatic heterocycles. The van der Waals surface area contributed by atoms with E-state index in [9.17, 15) is 19.2 Å². The first-order valence-corrected chi connectivity index (χ1v) is 6.95. The zero-order chi connectivity index (χ0) is 20.9. The Morgan fingerprint density at radius 2 is 1.50 bits per heavy atom. The van der Waals surface area contributed by atoms with Crippen LogP contribution in [0.15, 0.2) is 0 Å². The van der Waals surface area contributed by atoms with Gasteiger partial charge in [-0.1, -0.05) is 0 Å². The monoisotopic (exact) mass is 382 g/mol. The van der Waals surface area contributed by atoms with Crippen molar-refractivity contribution in [2.45, 2.75) is 37.3 Å². The van der Waals surface area contributed by atoms with Crippen LogP contribution in [-0.4, -0.2) is 78.8 Å². The van der Waals surface area contributed by atoms with Crippen molar-refractivity contribution in [3.05, 3.63) is 0 Å². The van der Waals surface area contributed by atoms with Crippen molar-refractivity contribution in [3.63, 3.8) is 0 Å². The molecule has 0 radical (unpaired) electrons. The summed E-state index contributed by atoms with van der Waals surface area (Å²) in [6.07, 6.45) is -1.51. The lowest BCUT2D eigenvalue weighted by molar-refractivity contribution is -0.170. The number of aliphatic hydroxyl groups is 1. The summed E-state index contributed by atoms with van der Waals surface area (Å²) in [7, 11) is 0. The fourth-order valence-corrected chi connectivity index (χ4v) is 1.49. The van der Waals surface area contributed by atoms with Crippen LogP contribution < -0.4 is 16.5 Å². The summed E-state index contributed by atoms with van der Waals surface area (Å²) in [5, 5.41) is 60.0. The number of guanidine groups is 1. The molecule has 0 aromatic heterocycles. The van der Waals surface area contributed by atoms with Gasteiger partial charge < -0.3 is 41.8 Å². The predicted molar refractivity (Wildman–Crippen MR) is 82.6 cm³/mol. The highest BCUT2D eigenvalue weighted by molar-refractivity contribution is 5.88. The van der Waals surface area contributed by atoms with Gasteiger partial charge in [-0.05, 0) is 12.8 Å². The van der Waals surface area contributed by atoms with Crippen molar-refractivity contribution >= 4 is 29.8 Å². The molecule has 14 heteroatoms.